The highest BCUT2D eigenvalue weighted by atomic mass is 16.5. The normalized spacial score (nSPS) is 18.9. The Morgan fingerprint density at radius 1 is 1.09 bits per heavy atom. The average molecular weight is 312 g/mol. The van der Waals surface area contributed by atoms with E-state index in [0.29, 0.717) is 12.8 Å². The lowest BCUT2D eigenvalue weighted by Crippen LogP contribution is -2.43. The minimum atomic E-state index is -1.13. The molecule has 1 fully saturated rings. The molecule has 1 rings (SSSR count). The van der Waals surface area contributed by atoms with Crippen LogP contribution in [0.3, 0.4) is 0 Å². The van der Waals surface area contributed by atoms with E-state index >= 15 is 0 Å². The van der Waals surface area contributed by atoms with Gasteiger partial charge < -0.3 is 14.6 Å². The summed E-state index contributed by atoms with van der Waals surface area (Å²) in [6.45, 7) is 7.66. The minimum Gasteiger partial charge on any atom is -0.466 e. The Kier molecular flexibility index (Phi) is 7.59. The third-order valence-corrected chi connectivity index (χ3v) is 4.20. The summed E-state index contributed by atoms with van der Waals surface area (Å²) < 4.78 is 10.0. The molecule has 0 aromatic rings. The molecule has 0 aromatic heterocycles. The van der Waals surface area contributed by atoms with Crippen molar-refractivity contribution >= 4 is 11.9 Å². The van der Waals surface area contributed by atoms with Crippen LogP contribution >= 0.6 is 0 Å². The van der Waals surface area contributed by atoms with Crippen molar-refractivity contribution in [2.24, 2.45) is 5.92 Å². The summed E-state index contributed by atoms with van der Waals surface area (Å²) in [5.41, 5.74) is -0.921. The van der Waals surface area contributed by atoms with Gasteiger partial charge in [-0.25, -0.2) is 4.79 Å². The Morgan fingerprint density at radius 3 is 2.14 bits per heavy atom. The minimum absolute atomic E-state index is 0.0775. The molecule has 5 heteroatoms. The van der Waals surface area contributed by atoms with Crippen molar-refractivity contribution in [3.8, 4) is 0 Å². The first-order chi connectivity index (χ1) is 10.4. The fourth-order valence-electron chi connectivity index (χ4n) is 2.99. The molecule has 0 aromatic carbocycles. The van der Waals surface area contributed by atoms with E-state index in [2.05, 4.69) is 6.58 Å². The SMILES string of the molecule is C=C(CC(C(=O)OCC)C1(O)CCCCCC1)C(=O)OCC. The highest BCUT2D eigenvalue weighted by Gasteiger charge is 2.43. The van der Waals surface area contributed by atoms with E-state index < -0.39 is 23.5 Å². The molecular weight excluding hydrogens is 284 g/mol. The largest absolute Gasteiger partial charge is 0.466 e. The van der Waals surface area contributed by atoms with Gasteiger partial charge in [0.05, 0.1) is 24.7 Å². The van der Waals surface area contributed by atoms with E-state index in [-0.39, 0.29) is 25.2 Å². The molecular formula is C17H28O5. The van der Waals surface area contributed by atoms with Gasteiger partial charge in [0.1, 0.15) is 0 Å². The van der Waals surface area contributed by atoms with Crippen molar-refractivity contribution < 1.29 is 24.2 Å². The van der Waals surface area contributed by atoms with Gasteiger partial charge in [-0.15, -0.1) is 0 Å². The second kappa shape index (κ2) is 8.93. The van der Waals surface area contributed by atoms with Crippen LogP contribution in [-0.2, 0) is 19.1 Å². The summed E-state index contributed by atoms with van der Waals surface area (Å²) in [5, 5.41) is 11.0. The van der Waals surface area contributed by atoms with Crippen LogP contribution in [0.15, 0.2) is 12.2 Å². The van der Waals surface area contributed by atoms with Gasteiger partial charge in [-0.2, -0.15) is 0 Å². The van der Waals surface area contributed by atoms with Gasteiger partial charge in [-0.1, -0.05) is 32.3 Å². The van der Waals surface area contributed by atoms with Gasteiger partial charge in [0.15, 0.2) is 0 Å². The third-order valence-electron chi connectivity index (χ3n) is 4.20. The third kappa shape index (κ3) is 5.13. The predicted molar refractivity (Wildman–Crippen MR) is 83.2 cm³/mol. The second-order valence-electron chi connectivity index (χ2n) is 5.85. The van der Waals surface area contributed by atoms with Crippen molar-refractivity contribution in [1.82, 2.24) is 0 Å². The fraction of sp³-hybridized carbons (Fsp3) is 0.765. The molecule has 0 amide bonds. The Morgan fingerprint density at radius 2 is 1.64 bits per heavy atom. The summed E-state index contributed by atoms with van der Waals surface area (Å²) in [7, 11) is 0. The van der Waals surface area contributed by atoms with Crippen LogP contribution in [-0.4, -0.2) is 35.9 Å². The van der Waals surface area contributed by atoms with E-state index in [4.69, 9.17) is 9.47 Å². The molecule has 0 saturated heterocycles. The van der Waals surface area contributed by atoms with E-state index in [1.54, 1.807) is 13.8 Å². The van der Waals surface area contributed by atoms with Crippen molar-refractivity contribution in [3.05, 3.63) is 12.2 Å². The van der Waals surface area contributed by atoms with Crippen LogP contribution in [0.2, 0.25) is 0 Å². The van der Waals surface area contributed by atoms with Crippen LogP contribution in [0.25, 0.3) is 0 Å². The zero-order chi connectivity index (χ0) is 16.6. The first-order valence-corrected chi connectivity index (χ1v) is 8.18. The van der Waals surface area contributed by atoms with Gasteiger partial charge in [-0.3, -0.25) is 4.79 Å². The standard InChI is InChI=1S/C17H28O5/c1-4-21-15(18)13(3)12-14(16(19)22-5-2)17(20)10-8-6-7-9-11-17/h14,20H,3-12H2,1-2H3. The maximum absolute atomic E-state index is 12.3. The quantitative estimate of drug-likeness (QED) is 0.444. The van der Waals surface area contributed by atoms with Gasteiger partial charge in [0.25, 0.3) is 0 Å². The van der Waals surface area contributed by atoms with Gasteiger partial charge >= 0.3 is 11.9 Å². The summed E-state index contributed by atoms with van der Waals surface area (Å²) in [5.74, 6) is -1.74. The van der Waals surface area contributed by atoms with Crippen molar-refractivity contribution in [1.29, 1.82) is 0 Å². The number of hydrogen-bond acceptors (Lipinski definition) is 5. The fourth-order valence-corrected chi connectivity index (χ4v) is 2.99. The number of carbonyl (C=O) groups is 2. The molecule has 0 radical (unpaired) electrons. The second-order valence-corrected chi connectivity index (χ2v) is 5.85. The van der Waals surface area contributed by atoms with Crippen molar-refractivity contribution in [3.63, 3.8) is 0 Å². The lowest BCUT2D eigenvalue weighted by atomic mass is 9.78. The molecule has 22 heavy (non-hydrogen) atoms. The van der Waals surface area contributed by atoms with Gasteiger partial charge in [0, 0.05) is 5.57 Å². The number of ether oxygens (including phenoxy) is 2. The Balaban J connectivity index is 2.89. The van der Waals surface area contributed by atoms with Crippen LogP contribution in [0.5, 0.6) is 0 Å². The number of aliphatic hydroxyl groups is 1. The maximum atomic E-state index is 12.3. The first-order valence-electron chi connectivity index (χ1n) is 8.18. The molecule has 1 saturated carbocycles. The molecule has 1 unspecified atom stereocenters. The van der Waals surface area contributed by atoms with Crippen LogP contribution in [0, 0.1) is 5.92 Å². The number of hydrogen-bond donors (Lipinski definition) is 1. The van der Waals surface area contributed by atoms with Crippen molar-refractivity contribution in [2.75, 3.05) is 13.2 Å². The van der Waals surface area contributed by atoms with E-state index in [9.17, 15) is 14.7 Å². The molecule has 5 nitrogen and oxygen atoms in total. The van der Waals surface area contributed by atoms with E-state index in [0.717, 1.165) is 25.7 Å². The summed E-state index contributed by atoms with van der Waals surface area (Å²) >= 11 is 0. The Bertz CT molecular complexity index is 394. The van der Waals surface area contributed by atoms with Crippen LogP contribution < -0.4 is 0 Å². The molecule has 1 aliphatic rings. The highest BCUT2D eigenvalue weighted by molar-refractivity contribution is 5.89. The Labute approximate surface area is 132 Å². The molecule has 0 spiro atoms. The molecule has 1 aliphatic carbocycles. The van der Waals surface area contributed by atoms with E-state index in [1.165, 1.54) is 0 Å². The zero-order valence-corrected chi connectivity index (χ0v) is 13.7. The number of carbonyl (C=O) groups excluding carboxylic acids is 2. The maximum Gasteiger partial charge on any atom is 0.333 e. The smallest absolute Gasteiger partial charge is 0.333 e. The summed E-state index contributed by atoms with van der Waals surface area (Å²) in [6, 6.07) is 0. The van der Waals surface area contributed by atoms with Gasteiger partial charge in [-0.05, 0) is 33.1 Å². The predicted octanol–water partition coefficient (Wildman–Crippen LogP) is 2.76. The molecule has 1 atom stereocenters. The molecule has 126 valence electrons. The average Bonchev–Trinajstić information content (AvgIpc) is 2.70. The summed E-state index contributed by atoms with van der Waals surface area (Å²) in [6.07, 6.45) is 5.03. The van der Waals surface area contributed by atoms with Gasteiger partial charge in [0.2, 0.25) is 0 Å². The summed E-state index contributed by atoms with van der Waals surface area (Å²) in [4.78, 5) is 24.1. The molecule has 0 heterocycles. The zero-order valence-electron chi connectivity index (χ0n) is 13.7. The van der Waals surface area contributed by atoms with Crippen molar-refractivity contribution in [2.45, 2.75) is 64.4 Å². The number of rotatable bonds is 7. The molecule has 1 N–H and O–H groups in total. The topological polar surface area (TPSA) is 72.8 Å². The first kappa shape index (κ1) is 18.7. The van der Waals surface area contributed by atoms with Crippen LogP contribution in [0.1, 0.15) is 58.8 Å². The Hall–Kier alpha value is -1.36. The van der Waals surface area contributed by atoms with Crippen LogP contribution in [0.4, 0.5) is 0 Å². The molecule has 0 aliphatic heterocycles. The molecule has 0 bridgehead atoms. The lowest BCUT2D eigenvalue weighted by Gasteiger charge is -2.34. The highest BCUT2D eigenvalue weighted by Crippen LogP contribution is 2.37. The number of esters is 2. The van der Waals surface area contributed by atoms with E-state index in [1.807, 2.05) is 0 Å². The monoisotopic (exact) mass is 312 g/mol. The lowest BCUT2D eigenvalue weighted by molar-refractivity contribution is -0.159.